The molecule has 8 atom stereocenters. The molecule has 8 unspecified atom stereocenters. The minimum absolute atomic E-state index is 0.476. The molecule has 200 valence electrons. The summed E-state index contributed by atoms with van der Waals surface area (Å²) in [6, 6.07) is 32.1. The first kappa shape index (κ1) is 24.2. The van der Waals surface area contributed by atoms with Crippen LogP contribution in [0.1, 0.15) is 87.2 Å². The lowest BCUT2D eigenvalue weighted by Crippen LogP contribution is -2.40. The van der Waals surface area contributed by atoms with Crippen molar-refractivity contribution in [3.63, 3.8) is 0 Å². The molecule has 4 saturated carbocycles. The van der Waals surface area contributed by atoms with Crippen molar-refractivity contribution in [2.24, 2.45) is 23.7 Å². The molecule has 0 aromatic heterocycles. The van der Waals surface area contributed by atoms with Gasteiger partial charge < -0.3 is 4.74 Å². The largest absolute Gasteiger partial charge is 0.374 e. The molecule has 0 spiro atoms. The number of hydrogen-bond donors (Lipinski definition) is 0. The van der Waals surface area contributed by atoms with Crippen LogP contribution in [0.5, 0.6) is 0 Å². The summed E-state index contributed by atoms with van der Waals surface area (Å²) >= 11 is 0. The summed E-state index contributed by atoms with van der Waals surface area (Å²) in [5, 5.41) is 5.76. The maximum absolute atomic E-state index is 7.30. The molecule has 4 fully saturated rings. The molecule has 1 nitrogen and oxygen atoms in total. The van der Waals surface area contributed by atoms with Crippen LogP contribution >= 0.6 is 0 Å². The zero-order valence-electron chi connectivity index (χ0n) is 23.2. The fraction of sp³-hybridized carbons (Fsp3) is 0.474. The van der Waals surface area contributed by atoms with Gasteiger partial charge in [-0.15, -0.1) is 0 Å². The zero-order chi connectivity index (χ0) is 25.8. The highest BCUT2D eigenvalue weighted by Crippen LogP contribution is 2.55. The zero-order valence-corrected chi connectivity index (χ0v) is 23.2. The highest BCUT2D eigenvalue weighted by molar-refractivity contribution is 5.87. The molecular weight excluding hydrogens is 472 g/mol. The molecule has 4 aliphatic carbocycles. The number of fused-ring (bicyclic) bond motifs is 4. The molecule has 1 heteroatoms. The Balaban J connectivity index is 1.02. The van der Waals surface area contributed by atoms with E-state index in [1.165, 1.54) is 85.8 Å². The molecule has 0 heterocycles. The van der Waals surface area contributed by atoms with E-state index in [2.05, 4.69) is 84.9 Å². The highest BCUT2D eigenvalue weighted by Gasteiger charge is 2.48. The number of rotatable bonds is 4. The van der Waals surface area contributed by atoms with Crippen LogP contribution in [0, 0.1) is 23.7 Å². The van der Waals surface area contributed by atoms with Crippen LogP contribution in [0.2, 0.25) is 0 Å². The summed E-state index contributed by atoms with van der Waals surface area (Å²) in [5.74, 6) is 4.49. The summed E-state index contributed by atoms with van der Waals surface area (Å²) in [6.45, 7) is 0. The van der Waals surface area contributed by atoms with E-state index < -0.39 is 0 Å². The first-order valence-electron chi connectivity index (χ1n) is 16.0. The first-order chi connectivity index (χ1) is 19.3. The molecule has 0 amide bonds. The van der Waals surface area contributed by atoms with Crippen molar-refractivity contribution in [1.29, 1.82) is 0 Å². The monoisotopic (exact) mass is 514 g/mol. The molecule has 4 aromatic carbocycles. The molecule has 0 N–H and O–H groups in total. The van der Waals surface area contributed by atoms with Gasteiger partial charge in [-0.25, -0.2) is 0 Å². The van der Waals surface area contributed by atoms with E-state index in [9.17, 15) is 0 Å². The third-order valence-electron chi connectivity index (χ3n) is 11.6. The number of benzene rings is 4. The van der Waals surface area contributed by atoms with Crippen LogP contribution in [0.3, 0.4) is 0 Å². The minimum atomic E-state index is 0.476. The van der Waals surface area contributed by atoms with E-state index in [1.807, 2.05) is 0 Å². The van der Waals surface area contributed by atoms with Gasteiger partial charge in [0.25, 0.3) is 0 Å². The second-order valence-electron chi connectivity index (χ2n) is 13.2. The summed E-state index contributed by atoms with van der Waals surface area (Å²) < 4.78 is 7.30. The Morgan fingerprint density at radius 1 is 0.410 bits per heavy atom. The van der Waals surface area contributed by atoms with Crippen LogP contribution in [0.4, 0.5) is 0 Å². The molecule has 8 rings (SSSR count). The molecule has 0 saturated heterocycles. The lowest BCUT2D eigenvalue weighted by molar-refractivity contribution is -0.110. The lowest BCUT2D eigenvalue weighted by Gasteiger charge is -2.42. The average Bonchev–Trinajstić information content (AvgIpc) is 3.62. The fourth-order valence-electron chi connectivity index (χ4n) is 9.97. The normalized spacial score (nSPS) is 34.3. The predicted molar refractivity (Wildman–Crippen MR) is 162 cm³/mol. The Labute approximate surface area is 234 Å². The van der Waals surface area contributed by atoms with Crippen molar-refractivity contribution in [2.45, 2.75) is 88.3 Å². The maximum Gasteiger partial charge on any atom is 0.0610 e. The minimum Gasteiger partial charge on any atom is -0.374 e. The van der Waals surface area contributed by atoms with E-state index in [1.54, 1.807) is 11.1 Å². The molecular formula is C38H42O. The van der Waals surface area contributed by atoms with E-state index >= 15 is 0 Å². The van der Waals surface area contributed by atoms with Gasteiger partial charge in [0, 0.05) is 0 Å². The van der Waals surface area contributed by atoms with Gasteiger partial charge in [-0.3, -0.25) is 0 Å². The Morgan fingerprint density at radius 2 is 0.872 bits per heavy atom. The van der Waals surface area contributed by atoms with Crippen LogP contribution in [-0.4, -0.2) is 12.2 Å². The van der Waals surface area contributed by atoms with Crippen molar-refractivity contribution in [3.05, 3.63) is 96.1 Å². The van der Waals surface area contributed by atoms with Gasteiger partial charge in [0.05, 0.1) is 12.2 Å². The van der Waals surface area contributed by atoms with E-state index in [0.29, 0.717) is 24.0 Å². The van der Waals surface area contributed by atoms with Crippen LogP contribution in [0.25, 0.3) is 21.5 Å². The van der Waals surface area contributed by atoms with Crippen LogP contribution in [-0.2, 0) is 4.74 Å². The third kappa shape index (κ3) is 4.15. The maximum atomic E-state index is 7.30. The van der Waals surface area contributed by atoms with Crippen LogP contribution in [0.15, 0.2) is 84.9 Å². The fourth-order valence-corrected chi connectivity index (χ4v) is 9.97. The van der Waals surface area contributed by atoms with E-state index in [0.717, 1.165) is 23.7 Å². The molecule has 0 radical (unpaired) electrons. The van der Waals surface area contributed by atoms with Crippen molar-refractivity contribution in [3.8, 4) is 0 Å². The Morgan fingerprint density at radius 3 is 1.38 bits per heavy atom. The van der Waals surface area contributed by atoms with Crippen molar-refractivity contribution in [2.75, 3.05) is 0 Å². The summed E-state index contributed by atoms with van der Waals surface area (Å²) in [4.78, 5) is 0. The van der Waals surface area contributed by atoms with Gasteiger partial charge in [-0.1, -0.05) is 97.8 Å². The standard InChI is InChI=1S/C38H42O/c1-3-13-27-25(9-1)11-5-15-29(27)33-21-23-35-31(33)17-7-19-37(35)39-38-20-8-18-32-34(22-24-36(32)38)30-16-6-12-26-10-2-4-14-28(26)30/h1-6,9-16,31-38H,7-8,17-24H2. The SMILES string of the molecule is c1ccc2c(C3CCC4C(OC5CCCC6C(c7cccc8ccccc78)CCC56)CCCC34)cccc2c1. The number of hydrogen-bond acceptors (Lipinski definition) is 1. The third-order valence-corrected chi connectivity index (χ3v) is 11.6. The highest BCUT2D eigenvalue weighted by atomic mass is 16.5. The second kappa shape index (κ2) is 10.1. The predicted octanol–water partition coefficient (Wildman–Crippen LogP) is 10.0. The van der Waals surface area contributed by atoms with Crippen molar-refractivity contribution < 1.29 is 4.74 Å². The van der Waals surface area contributed by atoms with Crippen molar-refractivity contribution >= 4 is 21.5 Å². The molecule has 39 heavy (non-hydrogen) atoms. The van der Waals surface area contributed by atoms with Crippen molar-refractivity contribution in [1.82, 2.24) is 0 Å². The Bertz CT molecular complexity index is 1350. The van der Waals surface area contributed by atoms with Gasteiger partial charge in [0.15, 0.2) is 0 Å². The van der Waals surface area contributed by atoms with Gasteiger partial charge in [0.2, 0.25) is 0 Å². The smallest absolute Gasteiger partial charge is 0.0610 e. The summed E-state index contributed by atoms with van der Waals surface area (Å²) in [6.07, 6.45) is 14.3. The van der Waals surface area contributed by atoms with E-state index in [-0.39, 0.29) is 0 Å². The molecule has 4 aromatic rings. The lowest BCUT2D eigenvalue weighted by atomic mass is 9.72. The molecule has 0 aliphatic heterocycles. The van der Waals surface area contributed by atoms with Crippen LogP contribution < -0.4 is 0 Å². The first-order valence-corrected chi connectivity index (χ1v) is 16.0. The Hall–Kier alpha value is -2.64. The molecule has 0 bridgehead atoms. The second-order valence-corrected chi connectivity index (χ2v) is 13.2. The summed E-state index contributed by atoms with van der Waals surface area (Å²) in [7, 11) is 0. The topological polar surface area (TPSA) is 9.23 Å². The van der Waals surface area contributed by atoms with Gasteiger partial charge in [0.1, 0.15) is 0 Å². The van der Waals surface area contributed by atoms with Gasteiger partial charge in [-0.2, -0.15) is 0 Å². The summed E-state index contributed by atoms with van der Waals surface area (Å²) in [5.41, 5.74) is 3.21. The quantitative estimate of drug-likeness (QED) is 0.263. The van der Waals surface area contributed by atoms with Gasteiger partial charge in [-0.05, 0) is 120 Å². The van der Waals surface area contributed by atoms with Gasteiger partial charge >= 0.3 is 0 Å². The molecule has 4 aliphatic rings. The average molecular weight is 515 g/mol. The number of ether oxygens (including phenoxy) is 1. The van der Waals surface area contributed by atoms with E-state index in [4.69, 9.17) is 4.74 Å². The Kier molecular flexibility index (Phi) is 6.25.